The molecule has 2 heterocycles. The van der Waals surface area contributed by atoms with E-state index in [1.807, 2.05) is 6.92 Å². The Morgan fingerprint density at radius 2 is 1.70 bits per heavy atom. The second-order valence-electron chi connectivity index (χ2n) is 8.27. The molecule has 0 atom stereocenters. The van der Waals surface area contributed by atoms with Gasteiger partial charge in [-0.1, -0.05) is 18.2 Å². The van der Waals surface area contributed by atoms with Gasteiger partial charge in [-0.2, -0.15) is 0 Å². The summed E-state index contributed by atoms with van der Waals surface area (Å²) in [5, 5.41) is 2.85. The fourth-order valence-corrected chi connectivity index (χ4v) is 4.16. The second kappa shape index (κ2) is 9.90. The summed E-state index contributed by atoms with van der Waals surface area (Å²) in [6.45, 7) is 3.09. The molecule has 0 unspecified atom stereocenters. The summed E-state index contributed by atoms with van der Waals surface area (Å²) in [7, 11) is 0. The lowest BCUT2D eigenvalue weighted by atomic mass is 9.89. The first-order valence-corrected chi connectivity index (χ1v) is 11.0. The van der Waals surface area contributed by atoms with E-state index in [0.29, 0.717) is 48.3 Å². The number of pyridine rings is 1. The number of hydrogen-bond acceptors (Lipinski definition) is 3. The number of carbonyl (C=O) groups is 2. The molecule has 33 heavy (non-hydrogen) atoms. The number of aryl methyl sites for hydroxylation is 1. The van der Waals surface area contributed by atoms with Gasteiger partial charge in [0.15, 0.2) is 0 Å². The van der Waals surface area contributed by atoms with Crippen molar-refractivity contribution in [2.75, 3.05) is 13.1 Å². The third-order valence-corrected chi connectivity index (χ3v) is 5.89. The van der Waals surface area contributed by atoms with E-state index in [1.54, 1.807) is 35.2 Å². The number of rotatable bonds is 5. The van der Waals surface area contributed by atoms with E-state index in [4.69, 9.17) is 0 Å². The molecule has 2 aromatic carbocycles. The van der Waals surface area contributed by atoms with Crippen molar-refractivity contribution >= 4 is 11.8 Å². The molecule has 1 aliphatic rings. The molecule has 170 valence electrons. The predicted octanol–water partition coefficient (Wildman–Crippen LogP) is 4.62. The number of carbonyl (C=O) groups excluding carboxylic acids is 2. The number of nitrogens with one attached hydrogen (secondary N) is 1. The van der Waals surface area contributed by atoms with Crippen LogP contribution in [0.1, 0.15) is 56.4 Å². The van der Waals surface area contributed by atoms with Crippen LogP contribution in [-0.4, -0.2) is 34.8 Å². The van der Waals surface area contributed by atoms with E-state index in [-0.39, 0.29) is 30.1 Å². The van der Waals surface area contributed by atoms with Crippen LogP contribution in [0.15, 0.2) is 60.7 Å². The fourth-order valence-electron chi connectivity index (χ4n) is 4.16. The zero-order chi connectivity index (χ0) is 23.4. The highest BCUT2D eigenvalue weighted by Crippen LogP contribution is 2.30. The van der Waals surface area contributed by atoms with Crippen molar-refractivity contribution in [1.82, 2.24) is 15.2 Å². The lowest BCUT2D eigenvalue weighted by Crippen LogP contribution is -2.38. The van der Waals surface area contributed by atoms with Crippen LogP contribution in [0.25, 0.3) is 0 Å². The third kappa shape index (κ3) is 5.42. The number of piperidine rings is 1. The van der Waals surface area contributed by atoms with Gasteiger partial charge in [0, 0.05) is 36.8 Å². The SMILES string of the molecule is Cc1ccc(C(=O)NCc2cccc(F)c2)c(C2CCN(C(=O)c3cccc(F)c3)CC2)n1. The molecule has 1 aromatic heterocycles. The van der Waals surface area contributed by atoms with Gasteiger partial charge in [0.2, 0.25) is 0 Å². The summed E-state index contributed by atoms with van der Waals surface area (Å²) >= 11 is 0. The van der Waals surface area contributed by atoms with Crippen LogP contribution < -0.4 is 5.32 Å². The van der Waals surface area contributed by atoms with Gasteiger partial charge in [0.05, 0.1) is 11.3 Å². The van der Waals surface area contributed by atoms with E-state index in [0.717, 1.165) is 5.69 Å². The number of halogens is 2. The number of hydrogen-bond donors (Lipinski definition) is 1. The minimum atomic E-state index is -0.436. The van der Waals surface area contributed by atoms with Crippen LogP contribution in [-0.2, 0) is 6.54 Å². The van der Waals surface area contributed by atoms with Crippen molar-refractivity contribution in [3.8, 4) is 0 Å². The third-order valence-electron chi connectivity index (χ3n) is 5.89. The van der Waals surface area contributed by atoms with Crippen LogP contribution in [0.5, 0.6) is 0 Å². The standard InChI is InChI=1S/C26H25F2N3O2/c1-17-8-9-23(25(32)29-16-18-4-2-6-21(27)14-18)24(30-17)19-10-12-31(13-11-19)26(33)20-5-3-7-22(28)15-20/h2-9,14-15,19H,10-13,16H2,1H3,(H,29,32). The van der Waals surface area contributed by atoms with Gasteiger partial charge < -0.3 is 10.2 Å². The maximum absolute atomic E-state index is 13.5. The molecule has 0 radical (unpaired) electrons. The van der Waals surface area contributed by atoms with Crippen LogP contribution in [0.2, 0.25) is 0 Å². The molecule has 7 heteroatoms. The normalized spacial score (nSPS) is 14.2. The van der Waals surface area contributed by atoms with Crippen molar-refractivity contribution in [3.05, 3.63) is 100 Å². The van der Waals surface area contributed by atoms with Crippen molar-refractivity contribution in [1.29, 1.82) is 0 Å². The molecule has 1 N–H and O–H groups in total. The lowest BCUT2D eigenvalue weighted by Gasteiger charge is -2.32. The Labute approximate surface area is 191 Å². The number of nitrogens with zero attached hydrogens (tertiary/aromatic N) is 2. The smallest absolute Gasteiger partial charge is 0.253 e. The average molecular weight is 450 g/mol. The molecule has 3 aromatic rings. The van der Waals surface area contributed by atoms with Gasteiger partial charge in [-0.3, -0.25) is 14.6 Å². The van der Waals surface area contributed by atoms with E-state index in [9.17, 15) is 18.4 Å². The Morgan fingerprint density at radius 3 is 2.39 bits per heavy atom. The highest BCUT2D eigenvalue weighted by atomic mass is 19.1. The van der Waals surface area contributed by atoms with E-state index < -0.39 is 5.82 Å². The minimum absolute atomic E-state index is 0.0244. The monoisotopic (exact) mass is 449 g/mol. The molecule has 1 fully saturated rings. The fraction of sp³-hybridized carbons (Fsp3) is 0.269. The Balaban J connectivity index is 1.44. The quantitative estimate of drug-likeness (QED) is 0.618. The zero-order valence-electron chi connectivity index (χ0n) is 18.4. The summed E-state index contributed by atoms with van der Waals surface area (Å²) in [5.41, 5.74) is 3.02. The van der Waals surface area contributed by atoms with Crippen molar-refractivity contribution < 1.29 is 18.4 Å². The molecule has 0 bridgehead atoms. The van der Waals surface area contributed by atoms with Gasteiger partial charge in [0.1, 0.15) is 11.6 Å². The Kier molecular flexibility index (Phi) is 6.77. The molecule has 0 spiro atoms. The van der Waals surface area contributed by atoms with E-state index in [1.165, 1.54) is 30.3 Å². The number of likely N-dealkylation sites (tertiary alicyclic amines) is 1. The van der Waals surface area contributed by atoms with Crippen LogP contribution >= 0.6 is 0 Å². The molecule has 5 nitrogen and oxygen atoms in total. The topological polar surface area (TPSA) is 62.3 Å². The summed E-state index contributed by atoms with van der Waals surface area (Å²) in [5.74, 6) is -1.22. The van der Waals surface area contributed by atoms with Gasteiger partial charge in [0.25, 0.3) is 11.8 Å². The van der Waals surface area contributed by atoms with E-state index >= 15 is 0 Å². The highest BCUT2D eigenvalue weighted by molar-refractivity contribution is 5.95. The lowest BCUT2D eigenvalue weighted by molar-refractivity contribution is 0.0710. The summed E-state index contributed by atoms with van der Waals surface area (Å²) in [6.07, 6.45) is 1.31. The number of aromatic nitrogens is 1. The summed E-state index contributed by atoms with van der Waals surface area (Å²) in [6, 6.07) is 15.4. The Bertz CT molecular complexity index is 1170. The van der Waals surface area contributed by atoms with Crippen LogP contribution in [0.3, 0.4) is 0 Å². The highest BCUT2D eigenvalue weighted by Gasteiger charge is 2.28. The molecule has 2 amide bonds. The van der Waals surface area contributed by atoms with Gasteiger partial charge >= 0.3 is 0 Å². The number of amides is 2. The predicted molar refractivity (Wildman–Crippen MR) is 121 cm³/mol. The number of benzene rings is 2. The Hall–Kier alpha value is -3.61. The minimum Gasteiger partial charge on any atom is -0.348 e. The molecule has 0 saturated carbocycles. The molecule has 4 rings (SSSR count). The first kappa shape index (κ1) is 22.6. The maximum Gasteiger partial charge on any atom is 0.253 e. The van der Waals surface area contributed by atoms with Crippen molar-refractivity contribution in [2.45, 2.75) is 32.2 Å². The average Bonchev–Trinajstić information content (AvgIpc) is 2.82. The van der Waals surface area contributed by atoms with Gasteiger partial charge in [-0.05, 0) is 67.8 Å². The van der Waals surface area contributed by atoms with Crippen molar-refractivity contribution in [3.63, 3.8) is 0 Å². The van der Waals surface area contributed by atoms with Gasteiger partial charge in [-0.15, -0.1) is 0 Å². The summed E-state index contributed by atoms with van der Waals surface area (Å²) in [4.78, 5) is 32.0. The maximum atomic E-state index is 13.5. The summed E-state index contributed by atoms with van der Waals surface area (Å²) < 4.78 is 26.9. The second-order valence-corrected chi connectivity index (χ2v) is 8.27. The van der Waals surface area contributed by atoms with E-state index in [2.05, 4.69) is 10.3 Å². The van der Waals surface area contributed by atoms with Crippen LogP contribution in [0.4, 0.5) is 8.78 Å². The molecule has 1 saturated heterocycles. The molecular weight excluding hydrogens is 424 g/mol. The first-order valence-electron chi connectivity index (χ1n) is 11.0. The molecular formula is C26H25F2N3O2. The van der Waals surface area contributed by atoms with Gasteiger partial charge in [-0.25, -0.2) is 8.78 Å². The first-order chi connectivity index (χ1) is 15.9. The zero-order valence-corrected chi connectivity index (χ0v) is 18.4. The molecule has 0 aliphatic carbocycles. The largest absolute Gasteiger partial charge is 0.348 e. The van der Waals surface area contributed by atoms with Crippen LogP contribution in [0, 0.1) is 18.6 Å². The molecule has 1 aliphatic heterocycles. The Morgan fingerprint density at radius 1 is 1.00 bits per heavy atom. The van der Waals surface area contributed by atoms with Crippen molar-refractivity contribution in [2.24, 2.45) is 0 Å².